The zero-order valence-electron chi connectivity index (χ0n) is 95.4. The molecule has 782 valence electrons. The molecule has 13 heteroatoms. The molecule has 0 amide bonds. The van der Waals surface area contributed by atoms with E-state index in [4.69, 9.17) is 59.0 Å². The molecule has 0 spiro atoms. The Morgan fingerprint density at radius 2 is 0.538 bits per heavy atom. The van der Waals surface area contributed by atoms with Crippen molar-refractivity contribution in [1.29, 1.82) is 5.26 Å². The molecule has 12 rings (SSSR count). The van der Waals surface area contributed by atoms with E-state index in [1.165, 1.54) is 96.6 Å². The van der Waals surface area contributed by atoms with Gasteiger partial charge in [0, 0.05) is 15.1 Å². The molecule has 0 aliphatic rings. The SMILES string of the molecule is CC(C)(C)c1ccc(C#N)cc1.CC(C)(C)c1ccc(Cl)cc1.CC(C)(C)c1ccc(F)cc1.CC(C)(C)c1ccc(OC(F)(F)F)cc1.CC(C)(C)c1cccc(Cl)c1.CC(C)(C)c1ccccc1Cl.CC(C)c1ccc(C(C)(C)C)cc1.COc1ccc(C(C)(C)C)cc1.COc1ccc(C(C)(C)C)cc1.COc1cccc(C(C)(C)C)c1.COc1ccccc1C(C)(C)C.Cc1ccc(C(C)(C)C)cc1. The van der Waals surface area contributed by atoms with Gasteiger partial charge in [-0.2, -0.15) is 5.26 Å². The lowest BCUT2D eigenvalue weighted by Gasteiger charge is -2.21. The van der Waals surface area contributed by atoms with E-state index < -0.39 is 6.36 Å². The van der Waals surface area contributed by atoms with Gasteiger partial charge < -0.3 is 23.7 Å². The third-order valence-electron chi connectivity index (χ3n) is 22.8. The number of methoxy groups -OCH3 is 4. The van der Waals surface area contributed by atoms with Gasteiger partial charge in [-0.15, -0.1) is 13.2 Å². The van der Waals surface area contributed by atoms with Gasteiger partial charge in [-0.3, -0.25) is 0 Å². The number of nitrogens with zero attached hydrogens (tertiary/aromatic N) is 1. The summed E-state index contributed by atoms with van der Waals surface area (Å²) in [4.78, 5) is 0. The fraction of sp³-hybridized carbons (Fsp3) is 0.438. The molecule has 0 aromatic heterocycles. The lowest BCUT2D eigenvalue weighted by molar-refractivity contribution is -0.274. The first-order valence-corrected chi connectivity index (χ1v) is 50.6. The monoisotopic (exact) mass is 2010 g/mol. The molecular formula is C130H178Cl3F4NO5. The summed E-state index contributed by atoms with van der Waals surface area (Å²) in [6.45, 7) is 84.8. The fourth-order valence-electron chi connectivity index (χ4n) is 13.1. The summed E-state index contributed by atoms with van der Waals surface area (Å²) < 4.78 is 72.4. The molecule has 0 unspecified atom stereocenters. The third-order valence-corrected chi connectivity index (χ3v) is 23.6. The third kappa shape index (κ3) is 53.9. The summed E-state index contributed by atoms with van der Waals surface area (Å²) in [5, 5.41) is 11.1. The van der Waals surface area contributed by atoms with Crippen LogP contribution < -0.4 is 23.7 Å². The van der Waals surface area contributed by atoms with E-state index in [1.54, 1.807) is 40.6 Å². The van der Waals surface area contributed by atoms with Crippen LogP contribution in [-0.2, 0) is 65.0 Å². The minimum atomic E-state index is -4.62. The molecule has 12 aromatic rings. The van der Waals surface area contributed by atoms with Crippen molar-refractivity contribution in [1.82, 2.24) is 0 Å². The van der Waals surface area contributed by atoms with E-state index in [9.17, 15) is 17.6 Å². The van der Waals surface area contributed by atoms with Gasteiger partial charge in [0.2, 0.25) is 0 Å². The van der Waals surface area contributed by atoms with Crippen LogP contribution in [0.15, 0.2) is 291 Å². The van der Waals surface area contributed by atoms with E-state index in [-0.39, 0.29) is 76.5 Å². The van der Waals surface area contributed by atoms with Crippen LogP contribution in [0, 0.1) is 24.1 Å². The number of nitriles is 1. The average molecular weight is 2020 g/mol. The molecule has 0 saturated carbocycles. The number of hydrogen-bond acceptors (Lipinski definition) is 6. The number of benzene rings is 12. The Kier molecular flexibility index (Phi) is 53.2. The Labute approximate surface area is 881 Å². The largest absolute Gasteiger partial charge is 0.573 e. The minimum Gasteiger partial charge on any atom is -0.497 e. The van der Waals surface area contributed by atoms with Crippen LogP contribution in [0.3, 0.4) is 0 Å². The summed E-state index contributed by atoms with van der Waals surface area (Å²) in [6, 6.07) is 97.0. The highest BCUT2D eigenvalue weighted by Crippen LogP contribution is 2.36. The number of para-hydroxylation sites is 1. The van der Waals surface area contributed by atoms with Gasteiger partial charge in [0.15, 0.2) is 0 Å². The molecule has 0 N–H and O–H groups in total. The molecule has 0 heterocycles. The quantitative estimate of drug-likeness (QED) is 0.155. The number of aryl methyl sites for hydroxylation is 1. The molecule has 12 aromatic carbocycles. The first-order chi connectivity index (χ1) is 65.3. The van der Waals surface area contributed by atoms with Crippen LogP contribution in [0.4, 0.5) is 17.6 Å². The standard InChI is InChI=1S/C13H20.C11H13F3O.C11H13N.4C11H16O.C11H16.3C10H13Cl.C10H13F/c1-10(2)11-6-8-12(9-7-11)13(3,4)5;1-10(2,3)8-4-6-9(7-5-8)15-11(12,13)14;1-11(2,3)10-6-4-9(8-12)5-7-10;2*1-11(2,3)9-5-7-10(12-4)8-6-9;1-11(2,3)9-6-5-7-10(8-9)12-4;1-11(2,3)9-7-5-6-8-10(9)12-4;1-9-5-7-10(8-6-9)11(2,3)4;1-10(2,3)8-4-6-9(11)7-5-8;1-10(2,3)8-5-4-6-9(11)7-8;1-10(2,3)8-6-4-5-7-9(8)11;1-10(2,3)8-4-6-9(11)7-5-8/h6-10H,1-5H3;4-7H,1-3H3;4-7H,1-3H3;4*5-8H,1-4H3;5-8H,1-4H3;4*4-7H,1-3H3. The molecule has 6 nitrogen and oxygen atoms in total. The predicted molar refractivity (Wildman–Crippen MR) is 613 cm³/mol. The van der Waals surface area contributed by atoms with Gasteiger partial charge in [0.25, 0.3) is 0 Å². The maximum atomic E-state index is 12.5. The lowest BCUT2D eigenvalue weighted by atomic mass is 9.86. The van der Waals surface area contributed by atoms with Crippen LogP contribution in [0.1, 0.15) is 352 Å². The summed E-state index contributed by atoms with van der Waals surface area (Å²) in [7, 11) is 6.78. The number of halogens is 7. The number of alkyl halides is 3. The summed E-state index contributed by atoms with van der Waals surface area (Å²) in [5.41, 5.74) is 20.9. The maximum Gasteiger partial charge on any atom is 0.573 e. The topological polar surface area (TPSA) is 69.9 Å². The Balaban J connectivity index is 0.000000781. The van der Waals surface area contributed by atoms with E-state index in [0.717, 1.165) is 49.2 Å². The zero-order chi connectivity index (χ0) is 110. The van der Waals surface area contributed by atoms with Gasteiger partial charge in [-0.1, -0.05) is 485 Å². The molecule has 0 saturated heterocycles. The molecule has 143 heavy (non-hydrogen) atoms. The first kappa shape index (κ1) is 131. The lowest BCUT2D eigenvalue weighted by Crippen LogP contribution is -2.17. The van der Waals surface area contributed by atoms with Gasteiger partial charge in [-0.25, -0.2) is 4.39 Å². The van der Waals surface area contributed by atoms with Crippen molar-refractivity contribution < 1.29 is 41.2 Å². The Morgan fingerprint density at radius 3 is 0.811 bits per heavy atom. The predicted octanol–water partition coefficient (Wildman–Crippen LogP) is 40.1. The molecular weight excluding hydrogens is 1840 g/mol. The number of ether oxygens (including phenoxy) is 5. The Bertz CT molecular complexity index is 5410. The average Bonchev–Trinajstić information content (AvgIpc) is 0.834. The van der Waals surface area contributed by atoms with Crippen molar-refractivity contribution in [2.45, 2.75) is 347 Å². The van der Waals surface area contributed by atoms with Crippen LogP contribution >= 0.6 is 34.8 Å². The highest BCUT2D eigenvalue weighted by atomic mass is 35.5. The van der Waals surface area contributed by atoms with Crippen LogP contribution in [0.2, 0.25) is 15.1 Å². The second-order valence-corrected chi connectivity index (χ2v) is 49.6. The van der Waals surface area contributed by atoms with Crippen molar-refractivity contribution in [2.75, 3.05) is 28.4 Å². The van der Waals surface area contributed by atoms with Gasteiger partial charge in [-0.05, 0) is 259 Å². The summed E-state index contributed by atoms with van der Waals surface area (Å²) in [5.74, 6) is 4.03. The molecule has 0 radical (unpaired) electrons. The highest BCUT2D eigenvalue weighted by Gasteiger charge is 2.32. The van der Waals surface area contributed by atoms with E-state index >= 15 is 0 Å². The Morgan fingerprint density at radius 1 is 0.259 bits per heavy atom. The smallest absolute Gasteiger partial charge is 0.497 e. The van der Waals surface area contributed by atoms with E-state index in [2.05, 4.69) is 375 Å². The van der Waals surface area contributed by atoms with Crippen LogP contribution in [-0.4, -0.2) is 34.8 Å². The van der Waals surface area contributed by atoms with Crippen molar-refractivity contribution >= 4 is 34.8 Å². The second kappa shape index (κ2) is 58.2. The van der Waals surface area contributed by atoms with Crippen molar-refractivity contribution in [3.8, 4) is 34.8 Å². The fourth-order valence-corrected chi connectivity index (χ4v) is 13.8. The first-order valence-electron chi connectivity index (χ1n) is 49.5. The van der Waals surface area contributed by atoms with E-state index in [0.29, 0.717) is 5.92 Å². The maximum absolute atomic E-state index is 12.5. The molecule has 0 aliphatic carbocycles. The Hall–Kier alpha value is -10.3. The highest BCUT2D eigenvalue weighted by molar-refractivity contribution is 6.31. The number of hydrogen-bond donors (Lipinski definition) is 0. The van der Waals surface area contributed by atoms with Gasteiger partial charge in [0.05, 0.1) is 40.1 Å². The van der Waals surface area contributed by atoms with E-state index in [1.807, 2.05) is 160 Å². The van der Waals surface area contributed by atoms with Gasteiger partial charge >= 0.3 is 6.36 Å². The molecule has 0 atom stereocenters. The zero-order valence-corrected chi connectivity index (χ0v) is 97.7. The van der Waals surface area contributed by atoms with Crippen molar-refractivity contribution in [3.05, 3.63) is 396 Å². The van der Waals surface area contributed by atoms with Gasteiger partial charge in [0.1, 0.15) is 34.6 Å². The normalized spacial score (nSPS) is 11.6. The molecule has 0 bridgehead atoms. The summed E-state index contributed by atoms with van der Waals surface area (Å²) in [6.07, 6.45) is -4.62. The van der Waals surface area contributed by atoms with Crippen molar-refractivity contribution in [2.24, 2.45) is 0 Å². The van der Waals surface area contributed by atoms with Crippen molar-refractivity contribution in [3.63, 3.8) is 0 Å². The molecule has 0 fully saturated rings. The summed E-state index contributed by atoms with van der Waals surface area (Å²) >= 11 is 17.6. The minimum absolute atomic E-state index is 0.0727. The van der Waals surface area contributed by atoms with Crippen LogP contribution in [0.5, 0.6) is 28.7 Å². The van der Waals surface area contributed by atoms with Crippen LogP contribution in [0.25, 0.3) is 0 Å². The number of rotatable bonds is 6. The second-order valence-electron chi connectivity index (χ2n) is 48.3. The molecule has 0 aliphatic heterocycles.